The number of hydrogen-bond acceptors (Lipinski definition) is 4. The van der Waals surface area contributed by atoms with Crippen LogP contribution in [0, 0.1) is 0 Å². The smallest absolute Gasteiger partial charge is 0.319 e. The van der Waals surface area contributed by atoms with E-state index in [1.807, 2.05) is 18.2 Å². The van der Waals surface area contributed by atoms with Crippen LogP contribution in [-0.2, 0) is 29.2 Å². The lowest BCUT2D eigenvalue weighted by atomic mass is 10.0. The highest BCUT2D eigenvalue weighted by atomic mass is 35.5. The predicted molar refractivity (Wildman–Crippen MR) is 114 cm³/mol. The number of nitrogens with zero attached hydrogens (tertiary/aromatic N) is 1. The number of hydrogen-bond donors (Lipinski definition) is 3. The molecule has 9 heteroatoms. The van der Waals surface area contributed by atoms with Crippen LogP contribution in [0.4, 0.5) is 10.5 Å². The Labute approximate surface area is 183 Å². The SMILES string of the molecule is O=C1CCC(N2Cc3ccc(CNC(=O)Nc4ccc(Cl)c(Cl)c4)cc3C2)C(=O)N1. The molecule has 7 nitrogen and oxygen atoms in total. The topological polar surface area (TPSA) is 90.5 Å². The molecule has 1 saturated heterocycles. The van der Waals surface area contributed by atoms with E-state index in [0.717, 1.165) is 16.7 Å². The van der Waals surface area contributed by atoms with Crippen molar-refractivity contribution in [1.82, 2.24) is 15.5 Å². The summed E-state index contributed by atoms with van der Waals surface area (Å²) in [5.74, 6) is -0.430. The first kappa shape index (κ1) is 20.7. The summed E-state index contributed by atoms with van der Waals surface area (Å²) in [6.07, 6.45) is 0.911. The maximum atomic E-state index is 12.2. The molecular weight excluding hydrogens is 427 g/mol. The van der Waals surface area contributed by atoms with Crippen molar-refractivity contribution in [2.75, 3.05) is 5.32 Å². The summed E-state index contributed by atoms with van der Waals surface area (Å²) >= 11 is 11.8. The molecule has 2 aromatic rings. The van der Waals surface area contributed by atoms with E-state index in [0.29, 0.717) is 48.2 Å². The van der Waals surface area contributed by atoms with Crippen molar-refractivity contribution in [3.8, 4) is 0 Å². The van der Waals surface area contributed by atoms with Gasteiger partial charge in [-0.1, -0.05) is 41.4 Å². The largest absolute Gasteiger partial charge is 0.334 e. The van der Waals surface area contributed by atoms with Crippen molar-refractivity contribution in [2.24, 2.45) is 0 Å². The lowest BCUT2D eigenvalue weighted by Gasteiger charge is -2.29. The van der Waals surface area contributed by atoms with E-state index in [1.54, 1.807) is 18.2 Å². The van der Waals surface area contributed by atoms with Crippen LogP contribution in [0.5, 0.6) is 0 Å². The zero-order valence-electron chi connectivity index (χ0n) is 16.0. The van der Waals surface area contributed by atoms with Gasteiger partial charge in [-0.05, 0) is 41.3 Å². The number of rotatable bonds is 4. The van der Waals surface area contributed by atoms with Gasteiger partial charge in [0.15, 0.2) is 0 Å². The number of fused-ring (bicyclic) bond motifs is 1. The molecule has 0 aromatic heterocycles. The van der Waals surface area contributed by atoms with Crippen LogP contribution >= 0.6 is 23.2 Å². The molecule has 0 aliphatic carbocycles. The first-order chi connectivity index (χ1) is 14.4. The molecule has 4 amide bonds. The highest BCUT2D eigenvalue weighted by molar-refractivity contribution is 6.42. The van der Waals surface area contributed by atoms with Crippen molar-refractivity contribution >= 4 is 46.7 Å². The molecule has 1 unspecified atom stereocenters. The molecule has 2 aromatic carbocycles. The van der Waals surface area contributed by atoms with Gasteiger partial charge >= 0.3 is 6.03 Å². The molecule has 156 valence electrons. The molecule has 1 atom stereocenters. The number of urea groups is 1. The summed E-state index contributed by atoms with van der Waals surface area (Å²) in [6, 6.07) is 10.3. The maximum Gasteiger partial charge on any atom is 0.319 e. The van der Waals surface area contributed by atoms with E-state index in [-0.39, 0.29) is 23.9 Å². The summed E-state index contributed by atoms with van der Waals surface area (Å²) in [5.41, 5.74) is 3.80. The van der Waals surface area contributed by atoms with Crippen LogP contribution < -0.4 is 16.0 Å². The van der Waals surface area contributed by atoms with Crippen LogP contribution in [0.3, 0.4) is 0 Å². The fraction of sp³-hybridized carbons (Fsp3) is 0.286. The summed E-state index contributed by atoms with van der Waals surface area (Å²) in [5, 5.41) is 8.74. The third kappa shape index (κ3) is 4.59. The van der Waals surface area contributed by atoms with E-state index in [2.05, 4.69) is 20.9 Å². The molecule has 2 aliphatic heterocycles. The van der Waals surface area contributed by atoms with Gasteiger partial charge < -0.3 is 10.6 Å². The molecule has 30 heavy (non-hydrogen) atoms. The standard InChI is InChI=1S/C21H20Cl2N4O3/c22-16-4-3-15(8-17(16)23)25-21(30)24-9-12-1-2-13-10-27(11-14(13)7-12)18-5-6-19(28)26-20(18)29/h1-4,7-8,18H,5-6,9-11H2,(H2,24,25,30)(H,26,28,29). The number of benzene rings is 2. The second kappa shape index (κ2) is 8.63. The Morgan fingerprint density at radius 3 is 2.63 bits per heavy atom. The van der Waals surface area contributed by atoms with Crippen molar-refractivity contribution in [1.29, 1.82) is 0 Å². The first-order valence-corrected chi connectivity index (χ1v) is 10.3. The van der Waals surface area contributed by atoms with Crippen LogP contribution in [-0.4, -0.2) is 28.8 Å². The highest BCUT2D eigenvalue weighted by Gasteiger charge is 2.34. The number of nitrogens with one attached hydrogen (secondary N) is 3. The number of amides is 4. The van der Waals surface area contributed by atoms with Crippen molar-refractivity contribution < 1.29 is 14.4 Å². The van der Waals surface area contributed by atoms with Gasteiger partial charge in [-0.3, -0.25) is 19.8 Å². The second-order valence-corrected chi connectivity index (χ2v) is 8.23. The summed E-state index contributed by atoms with van der Waals surface area (Å²) in [4.78, 5) is 37.7. The number of carbonyl (C=O) groups is 3. The number of piperidine rings is 1. The fourth-order valence-electron chi connectivity index (χ4n) is 3.77. The summed E-state index contributed by atoms with van der Waals surface area (Å²) in [7, 11) is 0. The van der Waals surface area contributed by atoms with Crippen molar-refractivity contribution in [3.05, 3.63) is 63.1 Å². The Kier molecular flexibility index (Phi) is 5.94. The molecule has 2 aliphatic rings. The maximum absolute atomic E-state index is 12.2. The van der Waals surface area contributed by atoms with Gasteiger partial charge in [0.1, 0.15) is 0 Å². The van der Waals surface area contributed by atoms with E-state index >= 15 is 0 Å². The Balaban J connectivity index is 1.33. The fourth-order valence-corrected chi connectivity index (χ4v) is 4.06. The van der Waals surface area contributed by atoms with Gasteiger partial charge in [-0.2, -0.15) is 0 Å². The Hall–Kier alpha value is -2.61. The monoisotopic (exact) mass is 446 g/mol. The van der Waals surface area contributed by atoms with Crippen LogP contribution in [0.1, 0.15) is 29.5 Å². The normalized spacial score (nSPS) is 18.7. The minimum absolute atomic E-state index is 0.208. The minimum atomic E-state index is -0.348. The minimum Gasteiger partial charge on any atom is -0.334 e. The molecule has 3 N–H and O–H groups in total. The highest BCUT2D eigenvalue weighted by Crippen LogP contribution is 2.28. The number of anilines is 1. The third-order valence-electron chi connectivity index (χ3n) is 5.30. The second-order valence-electron chi connectivity index (χ2n) is 7.41. The number of carbonyl (C=O) groups excluding carboxylic acids is 3. The van der Waals surface area contributed by atoms with Crippen molar-refractivity contribution in [3.63, 3.8) is 0 Å². The van der Waals surface area contributed by atoms with Gasteiger partial charge in [0.2, 0.25) is 11.8 Å². The molecule has 1 fully saturated rings. The average Bonchev–Trinajstić information content (AvgIpc) is 3.12. The van der Waals surface area contributed by atoms with E-state index < -0.39 is 0 Å². The number of halogens is 2. The molecular formula is C21H20Cl2N4O3. The van der Waals surface area contributed by atoms with Gasteiger partial charge in [-0.25, -0.2) is 4.79 Å². The summed E-state index contributed by atoms with van der Waals surface area (Å²) in [6.45, 7) is 1.68. The lowest BCUT2D eigenvalue weighted by Crippen LogP contribution is -2.50. The van der Waals surface area contributed by atoms with E-state index in [1.165, 1.54) is 0 Å². The quantitative estimate of drug-likeness (QED) is 0.627. The van der Waals surface area contributed by atoms with E-state index in [4.69, 9.17) is 23.2 Å². The van der Waals surface area contributed by atoms with Crippen molar-refractivity contribution in [2.45, 2.75) is 38.5 Å². The van der Waals surface area contributed by atoms with Crippen LogP contribution in [0.2, 0.25) is 10.0 Å². The lowest BCUT2D eigenvalue weighted by molar-refractivity contribution is -0.137. The van der Waals surface area contributed by atoms with Gasteiger partial charge in [0.25, 0.3) is 0 Å². The van der Waals surface area contributed by atoms with Gasteiger partial charge in [-0.15, -0.1) is 0 Å². The third-order valence-corrected chi connectivity index (χ3v) is 6.04. The Morgan fingerprint density at radius 1 is 1.07 bits per heavy atom. The van der Waals surface area contributed by atoms with Gasteiger partial charge in [0, 0.05) is 31.7 Å². The zero-order valence-corrected chi connectivity index (χ0v) is 17.5. The van der Waals surface area contributed by atoms with Crippen LogP contribution in [0.25, 0.3) is 0 Å². The average molecular weight is 447 g/mol. The Bertz CT molecular complexity index is 1030. The molecule has 0 saturated carbocycles. The molecule has 0 spiro atoms. The summed E-state index contributed by atoms with van der Waals surface area (Å²) < 4.78 is 0. The first-order valence-electron chi connectivity index (χ1n) is 9.57. The predicted octanol–water partition coefficient (Wildman–Crippen LogP) is 3.44. The number of imide groups is 1. The molecule has 2 heterocycles. The van der Waals surface area contributed by atoms with E-state index in [9.17, 15) is 14.4 Å². The van der Waals surface area contributed by atoms with Gasteiger partial charge in [0.05, 0.1) is 16.1 Å². The molecule has 0 radical (unpaired) electrons. The Morgan fingerprint density at radius 2 is 1.87 bits per heavy atom. The molecule has 0 bridgehead atoms. The zero-order chi connectivity index (χ0) is 21.3. The van der Waals surface area contributed by atoms with Crippen LogP contribution in [0.15, 0.2) is 36.4 Å². The molecule has 4 rings (SSSR count).